The third-order valence-corrected chi connectivity index (χ3v) is 6.37. The van der Waals surface area contributed by atoms with Gasteiger partial charge in [-0.1, -0.05) is 24.3 Å². The van der Waals surface area contributed by atoms with Gasteiger partial charge in [0.2, 0.25) is 5.89 Å². The summed E-state index contributed by atoms with van der Waals surface area (Å²) in [7, 11) is 2.63. The number of oxazole rings is 1. The predicted molar refractivity (Wildman–Crippen MR) is 125 cm³/mol. The number of carbonyl (C=O) groups excluding carboxylic acids is 1. The quantitative estimate of drug-likeness (QED) is 0.357. The Morgan fingerprint density at radius 1 is 1.15 bits per heavy atom. The average Bonchev–Trinajstić information content (AvgIpc) is 3.47. The smallest absolute Gasteiger partial charge is 0.338 e. The van der Waals surface area contributed by atoms with E-state index in [1.807, 2.05) is 48.7 Å². The van der Waals surface area contributed by atoms with E-state index >= 15 is 0 Å². The van der Waals surface area contributed by atoms with Crippen LogP contribution in [0.1, 0.15) is 23.1 Å². The normalized spacial score (nSPS) is 13.1. The third kappa shape index (κ3) is 4.78. The van der Waals surface area contributed by atoms with E-state index < -0.39 is 18.2 Å². The fraction of sp³-hybridized carbons (Fsp3) is 0.280. The molecule has 172 valence electrons. The van der Waals surface area contributed by atoms with Crippen LogP contribution >= 0.6 is 11.3 Å². The van der Waals surface area contributed by atoms with Gasteiger partial charge < -0.3 is 23.7 Å². The van der Waals surface area contributed by atoms with E-state index in [1.54, 1.807) is 12.1 Å². The molecule has 4 aromatic rings. The number of esters is 1. The molecule has 0 spiro atoms. The molecule has 0 aliphatic heterocycles. The van der Waals surface area contributed by atoms with Crippen LogP contribution in [0.2, 0.25) is 0 Å². The summed E-state index contributed by atoms with van der Waals surface area (Å²) < 4.78 is 22.6. The average molecular weight is 468 g/mol. The lowest BCUT2D eigenvalue weighted by molar-refractivity contribution is -0.159. The number of rotatable bonds is 9. The molecule has 0 fully saturated rings. The Balaban J connectivity index is 1.49. The SMILES string of the molecule is COC(=O)C(OC)[C@H](O)c1ccc(OCCc2nc(-c3ccccc3)oc2C)c2ccsc12. The standard InChI is InChI=1S/C25H25NO6S/c1-15-19(26-24(32-15)16-7-5-4-6-8-16)11-13-31-20-10-9-18(23-17(20)12-14-33-23)21(27)22(29-2)25(28)30-3/h4-10,12,14,21-22,27H,11,13H2,1-3H3/t21-,22?/m1/s1. The number of fused-ring (bicyclic) bond motifs is 1. The molecule has 0 amide bonds. The highest BCUT2D eigenvalue weighted by Crippen LogP contribution is 2.37. The van der Waals surface area contributed by atoms with Gasteiger partial charge >= 0.3 is 5.97 Å². The molecule has 1 unspecified atom stereocenters. The number of nitrogens with zero attached hydrogens (tertiary/aromatic N) is 1. The second-order valence-corrected chi connectivity index (χ2v) is 8.34. The molecule has 1 N–H and O–H groups in total. The number of aryl methyl sites for hydroxylation is 1. The maximum atomic E-state index is 12.0. The molecule has 0 aliphatic carbocycles. The van der Waals surface area contributed by atoms with Crippen LogP contribution in [-0.4, -0.2) is 43.0 Å². The number of thiophene rings is 1. The van der Waals surface area contributed by atoms with Gasteiger partial charge in [0.25, 0.3) is 0 Å². The molecular weight excluding hydrogens is 442 g/mol. The van der Waals surface area contributed by atoms with E-state index in [2.05, 4.69) is 4.98 Å². The van der Waals surface area contributed by atoms with E-state index in [4.69, 9.17) is 18.6 Å². The molecule has 0 saturated carbocycles. The van der Waals surface area contributed by atoms with Gasteiger partial charge in [0.1, 0.15) is 17.6 Å². The lowest BCUT2D eigenvalue weighted by atomic mass is 10.0. The summed E-state index contributed by atoms with van der Waals surface area (Å²) >= 11 is 1.46. The highest BCUT2D eigenvalue weighted by atomic mass is 32.1. The lowest BCUT2D eigenvalue weighted by Gasteiger charge is -2.20. The number of methoxy groups -OCH3 is 2. The van der Waals surface area contributed by atoms with Crippen molar-refractivity contribution in [1.82, 2.24) is 4.98 Å². The fourth-order valence-corrected chi connectivity index (χ4v) is 4.63. The second-order valence-electron chi connectivity index (χ2n) is 7.43. The van der Waals surface area contributed by atoms with Crippen molar-refractivity contribution in [2.45, 2.75) is 25.6 Å². The largest absolute Gasteiger partial charge is 0.493 e. The maximum Gasteiger partial charge on any atom is 0.338 e. The molecule has 0 aliphatic rings. The molecular formula is C25H25NO6S. The molecule has 4 rings (SSSR count). The van der Waals surface area contributed by atoms with Crippen LogP contribution in [0.4, 0.5) is 0 Å². The van der Waals surface area contributed by atoms with Gasteiger partial charge in [-0.15, -0.1) is 11.3 Å². The number of aliphatic hydroxyl groups excluding tert-OH is 1. The highest BCUT2D eigenvalue weighted by molar-refractivity contribution is 7.17. The first kappa shape index (κ1) is 23.0. The third-order valence-electron chi connectivity index (χ3n) is 5.41. The van der Waals surface area contributed by atoms with Crippen molar-refractivity contribution >= 4 is 27.4 Å². The summed E-state index contributed by atoms with van der Waals surface area (Å²) in [6, 6.07) is 15.3. The van der Waals surface area contributed by atoms with Crippen LogP contribution in [0, 0.1) is 6.92 Å². The van der Waals surface area contributed by atoms with Crippen LogP contribution < -0.4 is 4.74 Å². The molecule has 33 heavy (non-hydrogen) atoms. The van der Waals surface area contributed by atoms with Gasteiger partial charge in [0.05, 0.1) is 19.4 Å². The van der Waals surface area contributed by atoms with Gasteiger partial charge in [0.15, 0.2) is 6.10 Å². The Morgan fingerprint density at radius 2 is 1.94 bits per heavy atom. The van der Waals surface area contributed by atoms with Gasteiger partial charge in [-0.3, -0.25) is 0 Å². The minimum Gasteiger partial charge on any atom is -0.493 e. The number of ether oxygens (including phenoxy) is 3. The first-order valence-electron chi connectivity index (χ1n) is 10.5. The van der Waals surface area contributed by atoms with Crippen molar-refractivity contribution in [2.75, 3.05) is 20.8 Å². The van der Waals surface area contributed by atoms with Gasteiger partial charge in [0, 0.05) is 34.7 Å². The summed E-state index contributed by atoms with van der Waals surface area (Å²) in [6.45, 7) is 2.31. The summed E-state index contributed by atoms with van der Waals surface area (Å²) in [5, 5.41) is 13.5. The number of hydrogen-bond donors (Lipinski definition) is 1. The number of benzene rings is 2. The zero-order valence-electron chi connectivity index (χ0n) is 18.6. The minimum atomic E-state index is -1.16. The van der Waals surface area contributed by atoms with Gasteiger partial charge in [-0.2, -0.15) is 0 Å². The molecule has 0 radical (unpaired) electrons. The van der Waals surface area contributed by atoms with Crippen LogP contribution in [0.15, 0.2) is 58.3 Å². The maximum absolute atomic E-state index is 12.0. The minimum absolute atomic E-state index is 0.414. The Bertz CT molecular complexity index is 1230. The predicted octanol–water partition coefficient (Wildman–Crippen LogP) is 4.71. The molecule has 0 bridgehead atoms. The second kappa shape index (κ2) is 10.2. The first-order chi connectivity index (χ1) is 16.0. The topological polar surface area (TPSA) is 91.0 Å². The van der Waals surface area contributed by atoms with Crippen LogP contribution in [0.5, 0.6) is 5.75 Å². The molecule has 2 aromatic heterocycles. The number of carbonyl (C=O) groups is 1. The zero-order valence-corrected chi connectivity index (χ0v) is 19.4. The van der Waals surface area contributed by atoms with E-state index in [1.165, 1.54) is 25.6 Å². The number of aromatic nitrogens is 1. The van der Waals surface area contributed by atoms with Crippen molar-refractivity contribution in [3.63, 3.8) is 0 Å². The van der Waals surface area contributed by atoms with E-state index in [-0.39, 0.29) is 0 Å². The van der Waals surface area contributed by atoms with Crippen LogP contribution in [0.3, 0.4) is 0 Å². The summed E-state index contributed by atoms with van der Waals surface area (Å²) in [5.74, 6) is 1.43. The summed E-state index contributed by atoms with van der Waals surface area (Å²) in [4.78, 5) is 16.6. The van der Waals surface area contributed by atoms with E-state index in [0.717, 1.165) is 27.1 Å². The van der Waals surface area contributed by atoms with Crippen molar-refractivity contribution in [2.24, 2.45) is 0 Å². The lowest BCUT2D eigenvalue weighted by Crippen LogP contribution is -2.31. The Hall–Kier alpha value is -3.20. The molecule has 2 aromatic carbocycles. The monoisotopic (exact) mass is 467 g/mol. The molecule has 2 atom stereocenters. The zero-order chi connectivity index (χ0) is 23.4. The summed E-state index contributed by atoms with van der Waals surface area (Å²) in [6.07, 6.45) is -1.68. The van der Waals surface area contributed by atoms with Crippen molar-refractivity contribution in [1.29, 1.82) is 0 Å². The highest BCUT2D eigenvalue weighted by Gasteiger charge is 2.30. The number of hydrogen-bond acceptors (Lipinski definition) is 8. The Morgan fingerprint density at radius 3 is 2.67 bits per heavy atom. The van der Waals surface area contributed by atoms with Crippen LogP contribution in [-0.2, 0) is 20.7 Å². The van der Waals surface area contributed by atoms with E-state index in [0.29, 0.717) is 30.2 Å². The first-order valence-corrected chi connectivity index (χ1v) is 11.3. The van der Waals surface area contributed by atoms with Gasteiger partial charge in [-0.05, 0) is 36.6 Å². The van der Waals surface area contributed by atoms with Crippen molar-refractivity contribution in [3.05, 3.63) is 70.9 Å². The van der Waals surface area contributed by atoms with Crippen molar-refractivity contribution in [3.8, 4) is 17.2 Å². The Kier molecular flexibility index (Phi) is 7.08. The van der Waals surface area contributed by atoms with Crippen LogP contribution in [0.25, 0.3) is 21.5 Å². The molecule has 0 saturated heterocycles. The summed E-state index contributed by atoms with van der Waals surface area (Å²) in [5.41, 5.74) is 2.37. The van der Waals surface area contributed by atoms with E-state index in [9.17, 15) is 9.90 Å². The van der Waals surface area contributed by atoms with Crippen molar-refractivity contribution < 1.29 is 28.5 Å². The molecule has 2 heterocycles. The van der Waals surface area contributed by atoms with Gasteiger partial charge in [-0.25, -0.2) is 9.78 Å². The number of aliphatic hydroxyl groups is 1. The fourth-order valence-electron chi connectivity index (χ4n) is 3.67. The Labute approximate surface area is 195 Å². The molecule has 8 heteroatoms. The molecule has 7 nitrogen and oxygen atoms in total.